The second-order valence-electron chi connectivity index (χ2n) is 8.80. The van der Waals surface area contributed by atoms with Crippen molar-refractivity contribution in [2.24, 2.45) is 10.9 Å². The molecule has 0 aromatic heterocycles. The number of hydrazone groups is 1. The Morgan fingerprint density at radius 1 is 1.00 bits per heavy atom. The summed E-state index contributed by atoms with van der Waals surface area (Å²) in [6.45, 7) is 0.987. The van der Waals surface area contributed by atoms with Crippen LogP contribution in [0.5, 0.6) is 0 Å². The van der Waals surface area contributed by atoms with Crippen LogP contribution in [-0.2, 0) is 35.4 Å². The van der Waals surface area contributed by atoms with Gasteiger partial charge in [-0.3, -0.25) is 9.59 Å². The van der Waals surface area contributed by atoms with Crippen LogP contribution in [0.2, 0.25) is 0 Å². The maximum absolute atomic E-state index is 13.2. The lowest BCUT2D eigenvalue weighted by Gasteiger charge is -2.24. The smallest absolute Gasteiger partial charge is 0.305 e. The van der Waals surface area contributed by atoms with E-state index in [9.17, 15) is 14.7 Å². The fraction of sp³-hybridized carbons (Fsp3) is 0.250. The predicted molar refractivity (Wildman–Crippen MR) is 137 cm³/mol. The lowest BCUT2D eigenvalue weighted by molar-refractivity contribution is -0.141. The lowest BCUT2D eigenvalue weighted by atomic mass is 10.0. The Morgan fingerprint density at radius 2 is 1.69 bits per heavy atom. The maximum Gasteiger partial charge on any atom is 0.305 e. The summed E-state index contributed by atoms with van der Waals surface area (Å²) in [6, 6.07) is 23.5. The molecule has 0 fully saturated rings. The van der Waals surface area contributed by atoms with Crippen LogP contribution in [0.3, 0.4) is 0 Å². The van der Waals surface area contributed by atoms with E-state index in [4.69, 9.17) is 5.84 Å². The topological polar surface area (TPSA) is 108 Å². The van der Waals surface area contributed by atoms with Crippen LogP contribution in [0.1, 0.15) is 34.2 Å². The van der Waals surface area contributed by atoms with E-state index in [0.29, 0.717) is 13.1 Å². The van der Waals surface area contributed by atoms with Gasteiger partial charge in [-0.25, -0.2) is 0 Å². The average molecular weight is 471 g/mol. The number of anilines is 1. The first-order chi connectivity index (χ1) is 17.0. The van der Waals surface area contributed by atoms with E-state index in [0.717, 1.165) is 47.2 Å². The van der Waals surface area contributed by atoms with Gasteiger partial charge in [-0.15, -0.1) is 0 Å². The predicted octanol–water partition coefficient (Wildman–Crippen LogP) is 3.60. The third-order valence-electron chi connectivity index (χ3n) is 6.27. The number of benzene rings is 3. The Kier molecular flexibility index (Phi) is 7.77. The zero-order valence-corrected chi connectivity index (χ0v) is 19.6. The SMILES string of the molecule is NN=Cc1ccc(CCc2ccc3c(c2)NC(CC(=O)O)C(=O)N(CCc2ccccc2)C3)cc1. The molecule has 1 amide bonds. The minimum absolute atomic E-state index is 0.179. The molecule has 3 aromatic rings. The fourth-order valence-electron chi connectivity index (χ4n) is 4.36. The number of aryl methyl sites for hydroxylation is 2. The lowest BCUT2D eigenvalue weighted by Crippen LogP contribution is -2.42. The molecule has 0 saturated carbocycles. The van der Waals surface area contributed by atoms with Crippen molar-refractivity contribution < 1.29 is 14.7 Å². The molecule has 0 radical (unpaired) electrons. The van der Waals surface area contributed by atoms with Gasteiger partial charge in [0.1, 0.15) is 6.04 Å². The van der Waals surface area contributed by atoms with Gasteiger partial charge in [-0.05, 0) is 53.1 Å². The molecular formula is C28H30N4O3. The summed E-state index contributed by atoms with van der Waals surface area (Å²) < 4.78 is 0. The largest absolute Gasteiger partial charge is 0.481 e. The summed E-state index contributed by atoms with van der Waals surface area (Å²) in [5, 5.41) is 16.2. The summed E-state index contributed by atoms with van der Waals surface area (Å²) in [7, 11) is 0. The van der Waals surface area contributed by atoms with Crippen molar-refractivity contribution in [1.82, 2.24) is 4.90 Å². The molecule has 1 unspecified atom stereocenters. The fourth-order valence-corrected chi connectivity index (χ4v) is 4.36. The number of hydrogen-bond donors (Lipinski definition) is 3. The van der Waals surface area contributed by atoms with Gasteiger partial charge in [0.15, 0.2) is 0 Å². The van der Waals surface area contributed by atoms with E-state index in [-0.39, 0.29) is 12.3 Å². The van der Waals surface area contributed by atoms with Gasteiger partial charge in [0.25, 0.3) is 0 Å². The summed E-state index contributed by atoms with van der Waals surface area (Å²) in [4.78, 5) is 26.5. The zero-order chi connectivity index (χ0) is 24.6. The van der Waals surface area contributed by atoms with Gasteiger partial charge in [0.2, 0.25) is 5.91 Å². The molecule has 1 aliphatic rings. The molecule has 180 valence electrons. The standard InChI is InChI=1S/C28H30N4O3/c29-30-18-23-10-7-21(8-11-23)6-9-22-12-13-24-19-32(15-14-20-4-2-1-3-5-20)28(35)26(17-27(33)34)31-25(24)16-22/h1-5,7-8,10-13,16,18,26,31H,6,9,14-15,17,19,29H2,(H,33,34). The van der Waals surface area contributed by atoms with Crippen LogP contribution in [0, 0.1) is 0 Å². The number of carbonyl (C=O) groups excluding carboxylic acids is 1. The highest BCUT2D eigenvalue weighted by Crippen LogP contribution is 2.26. The molecule has 1 aliphatic heterocycles. The molecule has 0 spiro atoms. The number of nitrogens with one attached hydrogen (secondary N) is 1. The number of aliphatic carboxylic acids is 1. The average Bonchev–Trinajstić information content (AvgIpc) is 2.99. The molecule has 0 saturated heterocycles. The number of hydrogen-bond acceptors (Lipinski definition) is 5. The molecule has 3 aromatic carbocycles. The van der Waals surface area contributed by atoms with E-state index in [1.165, 1.54) is 5.56 Å². The molecular weight excluding hydrogens is 440 g/mol. The van der Waals surface area contributed by atoms with Crippen LogP contribution >= 0.6 is 0 Å². The van der Waals surface area contributed by atoms with Crippen molar-refractivity contribution in [2.45, 2.75) is 38.3 Å². The molecule has 1 heterocycles. The number of nitrogens with two attached hydrogens (primary N) is 1. The van der Waals surface area contributed by atoms with Crippen molar-refractivity contribution >= 4 is 23.8 Å². The van der Waals surface area contributed by atoms with Crippen LogP contribution in [0.25, 0.3) is 0 Å². The Hall–Kier alpha value is -4.13. The maximum atomic E-state index is 13.2. The molecule has 4 rings (SSSR count). The highest BCUT2D eigenvalue weighted by Gasteiger charge is 2.30. The second-order valence-corrected chi connectivity index (χ2v) is 8.80. The summed E-state index contributed by atoms with van der Waals surface area (Å²) in [5.41, 5.74) is 6.26. The van der Waals surface area contributed by atoms with Crippen LogP contribution in [-0.4, -0.2) is 40.7 Å². The number of rotatable bonds is 9. The van der Waals surface area contributed by atoms with Gasteiger partial charge in [0.05, 0.1) is 12.6 Å². The summed E-state index contributed by atoms with van der Waals surface area (Å²) >= 11 is 0. The number of carbonyl (C=O) groups is 2. The number of amides is 1. The van der Waals surface area contributed by atoms with Crippen molar-refractivity contribution in [3.63, 3.8) is 0 Å². The van der Waals surface area contributed by atoms with Gasteiger partial charge in [0, 0.05) is 18.8 Å². The van der Waals surface area contributed by atoms with Crippen LogP contribution in [0.15, 0.2) is 77.9 Å². The van der Waals surface area contributed by atoms with E-state index in [2.05, 4.69) is 28.6 Å². The monoisotopic (exact) mass is 470 g/mol. The molecule has 35 heavy (non-hydrogen) atoms. The Balaban J connectivity index is 1.49. The van der Waals surface area contributed by atoms with Crippen molar-refractivity contribution in [1.29, 1.82) is 0 Å². The van der Waals surface area contributed by atoms with Crippen LogP contribution in [0.4, 0.5) is 5.69 Å². The molecule has 0 aliphatic carbocycles. The quantitative estimate of drug-likeness (QED) is 0.252. The van der Waals surface area contributed by atoms with Crippen molar-refractivity contribution in [3.8, 4) is 0 Å². The van der Waals surface area contributed by atoms with E-state index < -0.39 is 12.0 Å². The number of nitrogens with zero attached hydrogens (tertiary/aromatic N) is 2. The van der Waals surface area contributed by atoms with E-state index >= 15 is 0 Å². The van der Waals surface area contributed by atoms with Gasteiger partial charge >= 0.3 is 5.97 Å². The Labute approximate surface area is 205 Å². The molecule has 0 bridgehead atoms. The molecule has 7 nitrogen and oxygen atoms in total. The molecule has 1 atom stereocenters. The van der Waals surface area contributed by atoms with Gasteiger partial charge < -0.3 is 21.2 Å². The second kappa shape index (κ2) is 11.3. The zero-order valence-electron chi connectivity index (χ0n) is 19.6. The first-order valence-electron chi connectivity index (χ1n) is 11.8. The molecule has 7 heteroatoms. The van der Waals surface area contributed by atoms with Crippen molar-refractivity contribution in [3.05, 3.63) is 101 Å². The number of fused-ring (bicyclic) bond motifs is 1. The normalized spacial score (nSPS) is 15.5. The third kappa shape index (κ3) is 6.47. The highest BCUT2D eigenvalue weighted by atomic mass is 16.4. The van der Waals surface area contributed by atoms with Crippen molar-refractivity contribution in [2.75, 3.05) is 11.9 Å². The third-order valence-corrected chi connectivity index (χ3v) is 6.27. The Bertz CT molecular complexity index is 1190. The first kappa shape index (κ1) is 24.0. The van der Waals surface area contributed by atoms with E-state index in [1.807, 2.05) is 54.6 Å². The summed E-state index contributed by atoms with van der Waals surface area (Å²) in [6.07, 6.45) is 3.76. The number of carboxylic acid groups (broad SMARTS) is 1. The van der Waals surface area contributed by atoms with Gasteiger partial charge in [-0.2, -0.15) is 5.10 Å². The Morgan fingerprint density at radius 3 is 2.40 bits per heavy atom. The summed E-state index contributed by atoms with van der Waals surface area (Å²) in [5.74, 6) is 4.03. The molecule has 4 N–H and O–H groups in total. The van der Waals surface area contributed by atoms with Crippen LogP contribution < -0.4 is 11.2 Å². The minimum Gasteiger partial charge on any atom is -0.481 e. The minimum atomic E-state index is -0.999. The van der Waals surface area contributed by atoms with Gasteiger partial charge in [-0.1, -0.05) is 66.7 Å². The number of carboxylic acids is 1. The first-order valence-corrected chi connectivity index (χ1v) is 11.8. The van der Waals surface area contributed by atoms with E-state index in [1.54, 1.807) is 11.1 Å². The highest BCUT2D eigenvalue weighted by molar-refractivity contribution is 5.90.